The molecule has 3 heterocycles. The molecule has 5 rings (SSSR count). The van der Waals surface area contributed by atoms with E-state index in [-0.39, 0.29) is 28.0 Å². The first kappa shape index (κ1) is 27.3. The zero-order chi connectivity index (χ0) is 28.2. The molecule has 9 atom stereocenters. The van der Waals surface area contributed by atoms with Gasteiger partial charge in [0.15, 0.2) is 17.3 Å². The molecule has 210 valence electrons. The number of phenols is 3. The third kappa shape index (κ3) is 4.83. The Morgan fingerprint density at radius 1 is 0.846 bits per heavy atom. The van der Waals surface area contributed by atoms with Gasteiger partial charge in [0.05, 0.1) is 18.3 Å². The predicted octanol–water partition coefficient (Wildman–Crippen LogP) is -0.417. The Morgan fingerprint density at radius 3 is 2.23 bits per heavy atom. The summed E-state index contributed by atoms with van der Waals surface area (Å²) in [6, 6.07) is 7.72. The normalized spacial score (nSPS) is 33.3. The van der Waals surface area contributed by atoms with Crippen LogP contribution in [0.15, 0.2) is 45.6 Å². The minimum Gasteiger partial charge on any atom is -0.508 e. The van der Waals surface area contributed by atoms with Crippen LogP contribution in [0.3, 0.4) is 0 Å². The quantitative estimate of drug-likeness (QED) is 0.208. The molecule has 8 N–H and O–H groups in total. The molecule has 2 fully saturated rings. The third-order valence-electron chi connectivity index (χ3n) is 7.03. The van der Waals surface area contributed by atoms with Crippen molar-refractivity contribution in [2.75, 3.05) is 6.61 Å². The molecule has 1 aromatic heterocycles. The molecular weight excluding hydrogens is 520 g/mol. The minimum absolute atomic E-state index is 0.0198. The van der Waals surface area contributed by atoms with Gasteiger partial charge in [-0.15, -0.1) is 0 Å². The molecule has 9 unspecified atom stereocenters. The second-order valence-electron chi connectivity index (χ2n) is 9.65. The van der Waals surface area contributed by atoms with Crippen molar-refractivity contribution in [1.82, 2.24) is 0 Å². The zero-order valence-electron chi connectivity index (χ0n) is 20.5. The van der Waals surface area contributed by atoms with E-state index >= 15 is 0 Å². The predicted molar refractivity (Wildman–Crippen MR) is 131 cm³/mol. The maximum Gasteiger partial charge on any atom is 0.197 e. The molecule has 2 aromatic carbocycles. The number of phenolic OH excluding ortho intramolecular Hbond substituents is 3. The van der Waals surface area contributed by atoms with E-state index in [4.69, 9.17) is 18.6 Å². The van der Waals surface area contributed by atoms with Crippen LogP contribution in [0.2, 0.25) is 0 Å². The Labute approximate surface area is 220 Å². The monoisotopic (exact) mass is 548 g/mol. The second kappa shape index (κ2) is 10.4. The summed E-state index contributed by atoms with van der Waals surface area (Å²) in [5, 5.41) is 82.3. The first-order valence-corrected chi connectivity index (χ1v) is 12.1. The van der Waals surface area contributed by atoms with Gasteiger partial charge in [0.2, 0.25) is 0 Å². The van der Waals surface area contributed by atoms with E-state index < -0.39 is 78.7 Å². The lowest BCUT2D eigenvalue weighted by molar-refractivity contribution is -0.326. The lowest BCUT2D eigenvalue weighted by Gasteiger charge is -2.43. The van der Waals surface area contributed by atoms with Crippen LogP contribution in [-0.4, -0.2) is 96.5 Å². The Bertz CT molecular complexity index is 1400. The van der Waals surface area contributed by atoms with Crippen molar-refractivity contribution in [3.63, 3.8) is 0 Å². The summed E-state index contributed by atoms with van der Waals surface area (Å²) in [7, 11) is 0. The molecule has 0 bridgehead atoms. The van der Waals surface area contributed by atoms with Crippen molar-refractivity contribution in [1.29, 1.82) is 0 Å². The Hall–Kier alpha value is -3.27. The highest BCUT2D eigenvalue weighted by Crippen LogP contribution is 2.43. The van der Waals surface area contributed by atoms with Gasteiger partial charge in [-0.2, -0.15) is 0 Å². The maximum absolute atomic E-state index is 12.9. The number of benzene rings is 2. The molecule has 2 aliphatic heterocycles. The summed E-state index contributed by atoms with van der Waals surface area (Å²) < 4.78 is 22.6. The highest BCUT2D eigenvalue weighted by Gasteiger charge is 2.47. The largest absolute Gasteiger partial charge is 0.508 e. The Balaban J connectivity index is 1.48. The van der Waals surface area contributed by atoms with Crippen molar-refractivity contribution in [3.05, 3.63) is 52.2 Å². The summed E-state index contributed by atoms with van der Waals surface area (Å²) in [4.78, 5) is 12.9. The molecule has 13 nitrogen and oxygen atoms in total. The molecule has 2 saturated heterocycles. The number of hydrogen-bond acceptors (Lipinski definition) is 13. The van der Waals surface area contributed by atoms with Crippen LogP contribution in [0.5, 0.6) is 17.2 Å². The minimum atomic E-state index is -1.77. The summed E-state index contributed by atoms with van der Waals surface area (Å²) in [5.74, 6) is -1.15. The topological polar surface area (TPSA) is 220 Å². The number of fused-ring (bicyclic) bond motifs is 1. The van der Waals surface area contributed by atoms with Crippen LogP contribution < -0.4 is 5.43 Å². The number of ether oxygens (including phenoxy) is 3. The van der Waals surface area contributed by atoms with Gasteiger partial charge in [0.1, 0.15) is 71.1 Å². The van der Waals surface area contributed by atoms with Crippen LogP contribution in [0.1, 0.15) is 18.6 Å². The number of rotatable bonds is 4. The number of aromatic hydroxyl groups is 3. The van der Waals surface area contributed by atoms with Crippen LogP contribution in [0, 0.1) is 0 Å². The number of hydrogen-bond donors (Lipinski definition) is 8. The van der Waals surface area contributed by atoms with Crippen molar-refractivity contribution < 1.29 is 59.5 Å². The third-order valence-corrected chi connectivity index (χ3v) is 7.03. The first-order valence-electron chi connectivity index (χ1n) is 12.1. The SMILES string of the molecule is CC1OC(OC2COC(c3c(O)cc(O)c4c(=O)cc(-c5ccc(O)cc5)oc34)C(O)C2O)C(O)C(O)C1O. The molecule has 2 aliphatic rings. The summed E-state index contributed by atoms with van der Waals surface area (Å²) in [6.45, 7) is 1.06. The fraction of sp³-hybridized carbons (Fsp3) is 0.423. The smallest absolute Gasteiger partial charge is 0.197 e. The molecule has 3 aromatic rings. The van der Waals surface area contributed by atoms with Gasteiger partial charge in [-0.25, -0.2) is 0 Å². The van der Waals surface area contributed by atoms with E-state index in [9.17, 15) is 45.6 Å². The van der Waals surface area contributed by atoms with Crippen LogP contribution in [0.4, 0.5) is 0 Å². The van der Waals surface area contributed by atoms with Crippen molar-refractivity contribution in [3.8, 4) is 28.6 Å². The van der Waals surface area contributed by atoms with Crippen LogP contribution in [-0.2, 0) is 14.2 Å². The Morgan fingerprint density at radius 2 is 1.54 bits per heavy atom. The van der Waals surface area contributed by atoms with Gasteiger partial charge in [-0.1, -0.05) is 0 Å². The second-order valence-corrected chi connectivity index (χ2v) is 9.65. The van der Waals surface area contributed by atoms with E-state index in [1.54, 1.807) is 0 Å². The average Bonchev–Trinajstić information content (AvgIpc) is 2.89. The van der Waals surface area contributed by atoms with E-state index in [1.807, 2.05) is 0 Å². The fourth-order valence-corrected chi connectivity index (χ4v) is 4.83. The highest BCUT2D eigenvalue weighted by molar-refractivity contribution is 5.89. The molecule has 0 aliphatic carbocycles. The van der Waals surface area contributed by atoms with Gasteiger partial charge in [-0.3, -0.25) is 4.79 Å². The summed E-state index contributed by atoms with van der Waals surface area (Å²) in [5.41, 5.74) is -0.780. The van der Waals surface area contributed by atoms with E-state index in [2.05, 4.69) is 0 Å². The fourth-order valence-electron chi connectivity index (χ4n) is 4.83. The highest BCUT2D eigenvalue weighted by atomic mass is 16.7. The lowest BCUT2D eigenvalue weighted by atomic mass is 9.92. The van der Waals surface area contributed by atoms with Crippen molar-refractivity contribution in [2.24, 2.45) is 0 Å². The van der Waals surface area contributed by atoms with Crippen molar-refractivity contribution in [2.45, 2.75) is 62.0 Å². The van der Waals surface area contributed by atoms with Gasteiger partial charge >= 0.3 is 0 Å². The van der Waals surface area contributed by atoms with E-state index in [0.29, 0.717) is 5.56 Å². The summed E-state index contributed by atoms with van der Waals surface area (Å²) >= 11 is 0. The van der Waals surface area contributed by atoms with Gasteiger partial charge in [0.25, 0.3) is 0 Å². The zero-order valence-corrected chi connectivity index (χ0v) is 20.5. The van der Waals surface area contributed by atoms with Crippen LogP contribution in [0.25, 0.3) is 22.3 Å². The molecule has 0 saturated carbocycles. The number of aliphatic hydroxyl groups is 5. The molecular formula is C26H28O13. The summed E-state index contributed by atoms with van der Waals surface area (Å²) in [6.07, 6.45) is -13.1. The average molecular weight is 548 g/mol. The van der Waals surface area contributed by atoms with E-state index in [1.165, 1.54) is 31.2 Å². The van der Waals surface area contributed by atoms with Crippen LogP contribution >= 0.6 is 0 Å². The maximum atomic E-state index is 12.9. The molecule has 13 heteroatoms. The molecule has 0 spiro atoms. The standard InChI is InChI=1S/C26H28O13/c1-9-19(31)21(33)23(35)26(37-9)39-16-8-36-25(22(34)20(16)32)18-13(29)6-12(28)17-14(30)7-15(38-24(17)18)10-2-4-11(27)5-3-10/h2-7,9,16,19-23,25-29,31-35H,8H2,1H3. The van der Waals surface area contributed by atoms with Gasteiger partial charge in [0, 0.05) is 17.7 Å². The van der Waals surface area contributed by atoms with Crippen molar-refractivity contribution >= 4 is 11.0 Å². The lowest BCUT2D eigenvalue weighted by Crippen LogP contribution is -2.60. The number of aliphatic hydroxyl groups excluding tert-OH is 5. The Kier molecular flexibility index (Phi) is 7.26. The first-order chi connectivity index (χ1) is 18.5. The van der Waals surface area contributed by atoms with Gasteiger partial charge in [-0.05, 0) is 31.2 Å². The molecule has 0 amide bonds. The van der Waals surface area contributed by atoms with Gasteiger partial charge < -0.3 is 59.5 Å². The van der Waals surface area contributed by atoms with E-state index in [0.717, 1.165) is 12.1 Å². The molecule has 0 radical (unpaired) electrons. The molecule has 39 heavy (non-hydrogen) atoms.